The van der Waals surface area contributed by atoms with Crippen molar-refractivity contribution < 1.29 is 9.13 Å². The van der Waals surface area contributed by atoms with Crippen LogP contribution in [0.5, 0.6) is 0 Å². The molecule has 14 heavy (non-hydrogen) atoms. The van der Waals surface area contributed by atoms with Crippen LogP contribution in [0.2, 0.25) is 0 Å². The summed E-state index contributed by atoms with van der Waals surface area (Å²) in [6.07, 6.45) is 7.72. The highest BCUT2D eigenvalue weighted by Gasteiger charge is 2.01. The molecule has 0 aliphatic rings. The third-order valence-electron chi connectivity index (χ3n) is 2.16. The van der Waals surface area contributed by atoms with Crippen molar-refractivity contribution in [3.8, 4) is 11.1 Å². The molecule has 0 aliphatic carbocycles. The van der Waals surface area contributed by atoms with Crippen LogP contribution in [0.4, 0.5) is 0 Å². The molecule has 0 fully saturated rings. The first kappa shape index (κ1) is 8.88. The van der Waals surface area contributed by atoms with Gasteiger partial charge in [-0.05, 0) is 11.1 Å². The van der Waals surface area contributed by atoms with Crippen LogP contribution in [0.15, 0.2) is 49.1 Å². The predicted molar refractivity (Wildman–Crippen MR) is 52.9 cm³/mol. The predicted octanol–water partition coefficient (Wildman–Crippen LogP) is 0.982. The molecule has 2 rings (SSSR count). The van der Waals surface area contributed by atoms with E-state index in [4.69, 9.17) is 7.05 Å². The summed E-state index contributed by atoms with van der Waals surface area (Å²) in [7, 11) is 7.54. The first-order chi connectivity index (χ1) is 6.75. The number of rotatable bonds is 1. The molecule has 0 aliphatic heterocycles. The molecule has 0 unspecified atom stereocenters. The molecule has 0 saturated heterocycles. The zero-order valence-corrected chi connectivity index (χ0v) is 8.09. The van der Waals surface area contributed by atoms with E-state index in [0.717, 1.165) is 0 Å². The first-order valence-electron chi connectivity index (χ1n) is 4.48. The highest BCUT2D eigenvalue weighted by molar-refractivity contribution is 5.60. The van der Waals surface area contributed by atoms with Gasteiger partial charge in [-0.2, -0.15) is 4.57 Å². The van der Waals surface area contributed by atoms with Gasteiger partial charge in [-0.1, -0.05) is 0 Å². The fourth-order valence-corrected chi connectivity index (χ4v) is 1.32. The quantitative estimate of drug-likeness (QED) is 0.584. The summed E-state index contributed by atoms with van der Waals surface area (Å²) < 4.78 is 3.54. The Morgan fingerprint density at radius 2 is 1.29 bits per heavy atom. The summed E-state index contributed by atoms with van der Waals surface area (Å²) in [5, 5.41) is 0. The Kier molecular flexibility index (Phi) is 2.27. The molecule has 0 N–H and O–H groups in total. The molecule has 0 bridgehead atoms. The van der Waals surface area contributed by atoms with E-state index in [1.165, 1.54) is 15.7 Å². The average molecular weight is 184 g/mol. The van der Waals surface area contributed by atoms with Crippen molar-refractivity contribution in [1.29, 1.82) is 0 Å². The molecule has 0 aromatic carbocycles. The number of aromatic nitrogens is 2. The van der Waals surface area contributed by atoms with Crippen molar-refractivity contribution in [2.45, 2.75) is 0 Å². The molecule has 0 saturated carbocycles. The van der Waals surface area contributed by atoms with Gasteiger partial charge in [0.25, 0.3) is 7.05 Å². The van der Waals surface area contributed by atoms with Gasteiger partial charge in [-0.3, -0.25) is 0 Å². The summed E-state index contributed by atoms with van der Waals surface area (Å²) in [5.41, 5.74) is 2.37. The van der Waals surface area contributed by atoms with E-state index in [2.05, 4.69) is 12.1 Å². The lowest BCUT2D eigenvalue weighted by atomic mass is 10.1. The number of hydrogen-bond donors (Lipinski definition) is 0. The summed E-state index contributed by atoms with van der Waals surface area (Å²) in [5.74, 6) is 0. The van der Waals surface area contributed by atoms with Gasteiger partial charge in [0.1, 0.15) is 7.05 Å². The minimum absolute atomic E-state index is 1.17. The van der Waals surface area contributed by atoms with Crippen molar-refractivity contribution in [3.63, 3.8) is 0 Å². The van der Waals surface area contributed by atoms with Crippen LogP contribution >= 0.6 is 0 Å². The van der Waals surface area contributed by atoms with Crippen LogP contribution in [0.1, 0.15) is 0 Å². The van der Waals surface area contributed by atoms with Gasteiger partial charge in [-0.15, -0.1) is 0 Å². The van der Waals surface area contributed by atoms with E-state index in [0.29, 0.717) is 0 Å². The number of pyridine rings is 2. The van der Waals surface area contributed by atoms with Gasteiger partial charge >= 0.3 is 0 Å². The largest absolute Gasteiger partial charge is 0.294 e. The molecule has 2 nitrogen and oxygen atoms in total. The fourth-order valence-electron chi connectivity index (χ4n) is 1.32. The highest BCUT2D eigenvalue weighted by atomic mass is 14.9. The van der Waals surface area contributed by atoms with Crippen LogP contribution < -0.4 is 9.13 Å². The van der Waals surface area contributed by atoms with Crippen molar-refractivity contribution in [3.05, 3.63) is 56.1 Å². The molecular formula is C12H12N2+2. The summed E-state index contributed by atoms with van der Waals surface area (Å²) in [4.78, 5) is 0. The summed E-state index contributed by atoms with van der Waals surface area (Å²) >= 11 is 0. The summed E-state index contributed by atoms with van der Waals surface area (Å²) in [6.45, 7) is 0. The minimum Gasteiger partial charge on any atom is -0.208 e. The van der Waals surface area contributed by atoms with Crippen LogP contribution in [-0.2, 0) is 7.05 Å². The zero-order chi connectivity index (χ0) is 9.97. The second-order valence-electron chi connectivity index (χ2n) is 3.29. The van der Waals surface area contributed by atoms with E-state index >= 15 is 0 Å². The molecule has 2 heterocycles. The van der Waals surface area contributed by atoms with Gasteiger partial charge in [0, 0.05) is 24.3 Å². The Labute approximate surface area is 84.1 Å². The molecule has 68 valence electrons. The first-order valence-corrected chi connectivity index (χ1v) is 4.48. The Balaban J connectivity index is 2.40. The SMILES string of the molecule is [CH][n+]1ccc(-c2cc[n+](C)cc2)cc1. The maximum atomic E-state index is 5.54. The van der Waals surface area contributed by atoms with Gasteiger partial charge in [0.05, 0.1) is 0 Å². The lowest BCUT2D eigenvalue weighted by molar-refractivity contribution is -0.671. The zero-order valence-electron chi connectivity index (χ0n) is 8.09. The van der Waals surface area contributed by atoms with Crippen LogP contribution in [0.3, 0.4) is 0 Å². The molecule has 2 radical (unpaired) electrons. The fraction of sp³-hybridized carbons (Fsp3) is 0.0833. The highest BCUT2D eigenvalue weighted by Crippen LogP contribution is 2.14. The van der Waals surface area contributed by atoms with E-state index in [-0.39, 0.29) is 0 Å². The second kappa shape index (κ2) is 3.58. The molecule has 0 amide bonds. The van der Waals surface area contributed by atoms with Gasteiger partial charge in [-0.25, -0.2) is 4.57 Å². The van der Waals surface area contributed by atoms with Crippen molar-refractivity contribution in [2.24, 2.45) is 7.05 Å². The van der Waals surface area contributed by atoms with Gasteiger partial charge in [0.2, 0.25) is 0 Å². The lowest BCUT2D eigenvalue weighted by Gasteiger charge is -1.97. The Bertz CT molecular complexity index is 372. The second-order valence-corrected chi connectivity index (χ2v) is 3.29. The third-order valence-corrected chi connectivity index (χ3v) is 2.16. The van der Waals surface area contributed by atoms with Crippen LogP contribution in [0, 0.1) is 7.05 Å². The smallest absolute Gasteiger partial charge is 0.208 e. The maximum absolute atomic E-state index is 5.54. The van der Waals surface area contributed by atoms with Crippen LogP contribution in [0.25, 0.3) is 11.1 Å². The van der Waals surface area contributed by atoms with Gasteiger partial charge < -0.3 is 0 Å². The number of hydrogen-bond acceptors (Lipinski definition) is 0. The number of aryl methyl sites for hydroxylation is 1. The van der Waals surface area contributed by atoms with E-state index < -0.39 is 0 Å². The molecule has 0 spiro atoms. The van der Waals surface area contributed by atoms with E-state index in [9.17, 15) is 0 Å². The van der Waals surface area contributed by atoms with Crippen LogP contribution in [-0.4, -0.2) is 0 Å². The molecular weight excluding hydrogens is 172 g/mol. The summed E-state index contributed by atoms with van der Waals surface area (Å²) in [6, 6.07) is 8.15. The monoisotopic (exact) mass is 184 g/mol. The normalized spacial score (nSPS) is 10.1. The number of nitrogens with zero attached hydrogens (tertiary/aromatic N) is 2. The molecule has 2 aromatic rings. The van der Waals surface area contributed by atoms with Crippen molar-refractivity contribution in [2.75, 3.05) is 0 Å². The Morgan fingerprint density at radius 1 is 0.857 bits per heavy atom. The lowest BCUT2D eigenvalue weighted by Crippen LogP contribution is -2.25. The van der Waals surface area contributed by atoms with E-state index in [1.807, 2.05) is 48.5 Å². The molecule has 0 atom stereocenters. The third kappa shape index (κ3) is 1.79. The minimum atomic E-state index is 1.17. The maximum Gasteiger partial charge on any atom is 0.294 e. The Morgan fingerprint density at radius 3 is 1.79 bits per heavy atom. The van der Waals surface area contributed by atoms with E-state index in [1.54, 1.807) is 0 Å². The topological polar surface area (TPSA) is 7.76 Å². The Hall–Kier alpha value is -1.70. The van der Waals surface area contributed by atoms with Gasteiger partial charge in [0.15, 0.2) is 24.8 Å². The molecule has 2 aromatic heterocycles. The average Bonchev–Trinajstić information content (AvgIpc) is 2.21. The standard InChI is InChI=1S/C12H12N2/c1-13-7-3-11(4-8-13)12-5-9-14(2)10-6-12/h1,3-10H,2H3/q+2. The van der Waals surface area contributed by atoms with Crippen molar-refractivity contribution in [1.82, 2.24) is 0 Å². The van der Waals surface area contributed by atoms with Crippen molar-refractivity contribution >= 4 is 0 Å². The molecule has 2 heteroatoms.